The van der Waals surface area contributed by atoms with E-state index in [1.807, 2.05) is 54.6 Å². The SMILES string of the molecule is [C-]#[N+]c1ccccc1-c1ccc(-n2c3ccc(C(C)(C)C)cc3c3cc(C(C)(C)C)ccc32)c(-c2cc(-c3nc(-c4ccccc4)nc(-c4ccccc4)n3)ccc2-n2c3ccc(C(C)(C)C)cc3c3cc(C(C)(C)C)ccc32)c1. The predicted molar refractivity (Wildman–Crippen MR) is 337 cm³/mol. The normalized spacial score (nSPS) is 12.5. The molecule has 12 rings (SSSR count). The van der Waals surface area contributed by atoms with Crippen LogP contribution in [0.3, 0.4) is 0 Å². The van der Waals surface area contributed by atoms with E-state index < -0.39 is 0 Å². The fraction of sp³-hybridized carbons (Fsp3) is 0.216. The minimum Gasteiger partial charge on any atom is -0.309 e. The lowest BCUT2D eigenvalue weighted by Gasteiger charge is -2.22. The quantitative estimate of drug-likeness (QED) is 0.150. The Kier molecular flexibility index (Phi) is 12.4. The Morgan fingerprint density at radius 1 is 0.312 bits per heavy atom. The van der Waals surface area contributed by atoms with Crippen molar-refractivity contribution >= 4 is 49.3 Å². The second-order valence-electron chi connectivity index (χ2n) is 25.7. The molecule has 0 N–H and O–H groups in total. The van der Waals surface area contributed by atoms with Gasteiger partial charge in [0.1, 0.15) is 0 Å². The summed E-state index contributed by atoms with van der Waals surface area (Å²) in [6, 6.07) is 70.0. The molecular weight excluding hydrogens is 973 g/mol. The van der Waals surface area contributed by atoms with E-state index in [0.717, 1.165) is 72.4 Å². The van der Waals surface area contributed by atoms with E-state index in [1.165, 1.54) is 43.8 Å². The van der Waals surface area contributed by atoms with Crippen LogP contribution in [-0.2, 0) is 21.7 Å². The van der Waals surface area contributed by atoms with Gasteiger partial charge in [0.05, 0.1) is 40.0 Å². The molecule has 0 atom stereocenters. The lowest BCUT2D eigenvalue weighted by molar-refractivity contribution is 0.590. The van der Waals surface area contributed by atoms with Crippen LogP contribution in [-0.4, -0.2) is 24.1 Å². The minimum absolute atomic E-state index is 0.0674. The van der Waals surface area contributed by atoms with Crippen molar-refractivity contribution in [3.05, 3.63) is 228 Å². The summed E-state index contributed by atoms with van der Waals surface area (Å²) < 4.78 is 4.95. The zero-order chi connectivity index (χ0) is 56.0. The van der Waals surface area contributed by atoms with Crippen molar-refractivity contribution in [3.63, 3.8) is 0 Å². The molecule has 0 aliphatic rings. The fourth-order valence-electron chi connectivity index (χ4n) is 11.4. The predicted octanol–water partition coefficient (Wildman–Crippen LogP) is 20.1. The summed E-state index contributed by atoms with van der Waals surface area (Å²) in [4.78, 5) is 19.8. The summed E-state index contributed by atoms with van der Waals surface area (Å²) in [5.41, 5.74) is 18.4. The van der Waals surface area contributed by atoms with Gasteiger partial charge in [-0.3, -0.25) is 0 Å². The zero-order valence-corrected chi connectivity index (χ0v) is 48.2. The summed E-state index contributed by atoms with van der Waals surface area (Å²) in [6.45, 7) is 35.9. The summed E-state index contributed by atoms with van der Waals surface area (Å²) >= 11 is 0. The third-order valence-electron chi connectivity index (χ3n) is 16.1. The van der Waals surface area contributed by atoms with Crippen molar-refractivity contribution in [1.29, 1.82) is 0 Å². The Morgan fingerprint density at radius 3 is 1.00 bits per heavy atom. The minimum atomic E-state index is -0.0701. The highest BCUT2D eigenvalue weighted by Gasteiger charge is 2.27. The van der Waals surface area contributed by atoms with Gasteiger partial charge in [-0.2, -0.15) is 0 Å². The van der Waals surface area contributed by atoms with Crippen LogP contribution in [0.5, 0.6) is 0 Å². The topological polar surface area (TPSA) is 52.9 Å². The van der Waals surface area contributed by atoms with E-state index in [-0.39, 0.29) is 21.7 Å². The largest absolute Gasteiger partial charge is 0.309 e. The number of aromatic nitrogens is 5. The first-order valence-corrected chi connectivity index (χ1v) is 28.0. The van der Waals surface area contributed by atoms with Crippen molar-refractivity contribution in [1.82, 2.24) is 24.1 Å². The fourth-order valence-corrected chi connectivity index (χ4v) is 11.4. The lowest BCUT2D eigenvalue weighted by atomic mass is 9.85. The molecule has 0 saturated heterocycles. The molecule has 0 unspecified atom stereocenters. The van der Waals surface area contributed by atoms with Crippen LogP contribution in [0.2, 0.25) is 0 Å². The Hall–Kier alpha value is -8.92. The van der Waals surface area contributed by atoms with Gasteiger partial charge in [-0.25, -0.2) is 19.8 Å². The van der Waals surface area contributed by atoms with Crippen molar-refractivity contribution in [3.8, 4) is 67.8 Å². The van der Waals surface area contributed by atoms with Crippen LogP contribution in [0, 0.1) is 6.57 Å². The third-order valence-corrected chi connectivity index (χ3v) is 16.1. The number of para-hydroxylation sites is 1. The summed E-state index contributed by atoms with van der Waals surface area (Å²) in [6.07, 6.45) is 0. The van der Waals surface area contributed by atoms with Crippen LogP contribution in [0.4, 0.5) is 5.69 Å². The van der Waals surface area contributed by atoms with Gasteiger partial charge >= 0.3 is 0 Å². The monoisotopic (exact) mass is 1040 g/mol. The maximum Gasteiger partial charge on any atom is 0.194 e. The first-order valence-electron chi connectivity index (χ1n) is 28.0. The third kappa shape index (κ3) is 9.25. The van der Waals surface area contributed by atoms with Crippen LogP contribution < -0.4 is 0 Å². The molecule has 0 spiro atoms. The Balaban J connectivity index is 1.24. The number of hydrogen-bond acceptors (Lipinski definition) is 3. The molecule has 9 aromatic carbocycles. The summed E-state index contributed by atoms with van der Waals surface area (Å²) in [7, 11) is 0. The Morgan fingerprint density at radius 2 is 0.637 bits per heavy atom. The van der Waals surface area contributed by atoms with Gasteiger partial charge in [-0.05, 0) is 134 Å². The van der Waals surface area contributed by atoms with Crippen LogP contribution >= 0.6 is 0 Å². The molecule has 0 bridgehead atoms. The number of benzene rings is 9. The first-order chi connectivity index (χ1) is 38.1. The highest BCUT2D eigenvalue weighted by molar-refractivity contribution is 6.12. The van der Waals surface area contributed by atoms with E-state index >= 15 is 0 Å². The molecule has 3 heterocycles. The molecule has 12 aromatic rings. The molecule has 6 heteroatoms. The molecule has 0 aliphatic heterocycles. The highest BCUT2D eigenvalue weighted by Crippen LogP contribution is 2.46. The lowest BCUT2D eigenvalue weighted by Crippen LogP contribution is -2.10. The van der Waals surface area contributed by atoms with Gasteiger partial charge in [0, 0.05) is 49.4 Å². The van der Waals surface area contributed by atoms with Crippen LogP contribution in [0.1, 0.15) is 105 Å². The maximum absolute atomic E-state index is 8.38. The number of fused-ring (bicyclic) bond motifs is 6. The van der Waals surface area contributed by atoms with Gasteiger partial charge < -0.3 is 9.13 Å². The highest BCUT2D eigenvalue weighted by atomic mass is 15.0. The molecule has 0 saturated carbocycles. The van der Waals surface area contributed by atoms with Crippen LogP contribution in [0.25, 0.3) is 116 Å². The number of rotatable bonds is 7. The molecule has 6 nitrogen and oxygen atoms in total. The molecule has 0 amide bonds. The van der Waals surface area contributed by atoms with Crippen molar-refractivity contribution in [2.75, 3.05) is 0 Å². The maximum atomic E-state index is 8.38. The van der Waals surface area contributed by atoms with Gasteiger partial charge in [0.25, 0.3) is 0 Å². The zero-order valence-electron chi connectivity index (χ0n) is 48.2. The average Bonchev–Trinajstić information content (AvgIpc) is 3.39. The molecule has 0 aliphatic carbocycles. The van der Waals surface area contributed by atoms with Gasteiger partial charge in [-0.1, -0.05) is 198 Å². The molecule has 80 heavy (non-hydrogen) atoms. The number of hydrogen-bond donors (Lipinski definition) is 0. The standard InChI is InChI=1S/C74H68N6/c1-71(2,3)50-30-36-64-57(42-50)58-43-51(72(4,5)6)31-37-65(58)79(64)62-34-28-48(54-26-20-21-27-61(54)75-13)40-55(62)56-41-49(70-77-68(46-22-16-14-17-23-46)76-69(78-70)47-24-18-15-19-25-47)29-35-63(56)80-66-38-32-52(73(7,8)9)44-59(66)60-45-53(74(10,11)12)33-39-67(60)80/h14-45H,1-12H3. The molecule has 394 valence electrons. The Bertz CT molecular complexity index is 4240. The second kappa shape index (κ2) is 19.2. The van der Waals surface area contributed by atoms with Gasteiger partial charge in [0.2, 0.25) is 0 Å². The van der Waals surface area contributed by atoms with E-state index in [0.29, 0.717) is 23.2 Å². The van der Waals surface area contributed by atoms with E-state index in [4.69, 9.17) is 21.5 Å². The van der Waals surface area contributed by atoms with Crippen molar-refractivity contribution in [2.24, 2.45) is 0 Å². The molecule has 0 radical (unpaired) electrons. The molecule has 3 aromatic heterocycles. The Labute approximate surface area is 471 Å². The van der Waals surface area contributed by atoms with E-state index in [1.54, 1.807) is 0 Å². The molecular formula is C74H68N6. The van der Waals surface area contributed by atoms with Crippen molar-refractivity contribution < 1.29 is 0 Å². The summed E-state index contributed by atoms with van der Waals surface area (Å²) in [5, 5.41) is 4.83. The smallest absolute Gasteiger partial charge is 0.194 e. The van der Waals surface area contributed by atoms with E-state index in [9.17, 15) is 0 Å². The van der Waals surface area contributed by atoms with Crippen LogP contribution in [0.15, 0.2) is 194 Å². The van der Waals surface area contributed by atoms with Crippen molar-refractivity contribution in [2.45, 2.75) is 105 Å². The van der Waals surface area contributed by atoms with Gasteiger partial charge in [-0.15, -0.1) is 0 Å². The number of nitrogens with zero attached hydrogens (tertiary/aromatic N) is 6. The van der Waals surface area contributed by atoms with Gasteiger partial charge in [0.15, 0.2) is 23.2 Å². The first kappa shape index (κ1) is 51.8. The summed E-state index contributed by atoms with van der Waals surface area (Å²) in [5.74, 6) is 1.76. The average molecular weight is 1040 g/mol. The molecule has 0 fully saturated rings. The van der Waals surface area contributed by atoms with E-state index in [2.05, 4.69) is 237 Å². The second-order valence-corrected chi connectivity index (χ2v) is 25.7.